The average molecular weight is 425 g/mol. The van der Waals surface area contributed by atoms with E-state index in [4.69, 9.17) is 9.15 Å². The number of hydrogen-bond donors (Lipinski definition) is 0. The summed E-state index contributed by atoms with van der Waals surface area (Å²) < 4.78 is 10.3. The van der Waals surface area contributed by atoms with Crippen molar-refractivity contribution < 1.29 is 13.9 Å². The quantitative estimate of drug-likeness (QED) is 0.218. The molecule has 0 atom stereocenters. The van der Waals surface area contributed by atoms with Crippen molar-refractivity contribution in [1.82, 2.24) is 9.97 Å². The molecular formula is C22H20N2O3S2. The first-order valence-corrected chi connectivity index (χ1v) is 11.0. The Hall–Kier alpha value is -2.64. The van der Waals surface area contributed by atoms with Crippen LogP contribution >= 0.6 is 23.1 Å². The number of hydrogen-bond acceptors (Lipinski definition) is 7. The fraction of sp³-hybridized carbons (Fsp3) is 0.227. The summed E-state index contributed by atoms with van der Waals surface area (Å²) in [5.74, 6) is 0.991. The molecule has 4 rings (SSSR count). The Morgan fingerprint density at radius 2 is 1.97 bits per heavy atom. The third-order valence-corrected chi connectivity index (χ3v) is 6.70. The Kier molecular flexibility index (Phi) is 5.69. The first-order valence-electron chi connectivity index (χ1n) is 9.24. The van der Waals surface area contributed by atoms with Crippen LogP contribution in [0.2, 0.25) is 0 Å². The Morgan fingerprint density at radius 3 is 2.69 bits per heavy atom. The molecule has 148 valence electrons. The number of esters is 1. The number of aryl methyl sites for hydroxylation is 2. The van der Waals surface area contributed by atoms with E-state index in [0.717, 1.165) is 21.7 Å². The molecule has 0 bridgehead atoms. The van der Waals surface area contributed by atoms with Gasteiger partial charge < -0.3 is 9.15 Å². The molecule has 4 aromatic rings. The maximum atomic E-state index is 11.6. The van der Waals surface area contributed by atoms with Gasteiger partial charge in [0.15, 0.2) is 0 Å². The van der Waals surface area contributed by atoms with Gasteiger partial charge in [-0.1, -0.05) is 43.0 Å². The molecule has 0 unspecified atom stereocenters. The monoisotopic (exact) mass is 424 g/mol. The summed E-state index contributed by atoms with van der Waals surface area (Å²) in [7, 11) is 1.34. The molecule has 29 heavy (non-hydrogen) atoms. The van der Waals surface area contributed by atoms with E-state index in [1.807, 2.05) is 0 Å². The van der Waals surface area contributed by atoms with Gasteiger partial charge in [0.1, 0.15) is 21.9 Å². The zero-order valence-corrected chi connectivity index (χ0v) is 18.0. The van der Waals surface area contributed by atoms with Crippen molar-refractivity contribution in [3.8, 4) is 11.1 Å². The minimum absolute atomic E-state index is 0.207. The fourth-order valence-corrected chi connectivity index (χ4v) is 5.16. The molecule has 0 aliphatic carbocycles. The molecule has 0 spiro atoms. The summed E-state index contributed by atoms with van der Waals surface area (Å²) in [6.45, 7) is 4.28. The van der Waals surface area contributed by atoms with Gasteiger partial charge in [0, 0.05) is 10.4 Å². The van der Waals surface area contributed by atoms with Crippen LogP contribution in [0, 0.1) is 6.92 Å². The molecule has 3 heterocycles. The van der Waals surface area contributed by atoms with E-state index >= 15 is 0 Å². The number of carbonyl (C=O) groups is 1. The summed E-state index contributed by atoms with van der Waals surface area (Å²) in [5, 5.41) is 1.98. The van der Waals surface area contributed by atoms with Crippen LogP contribution < -0.4 is 0 Å². The predicted octanol–water partition coefficient (Wildman–Crippen LogP) is 5.90. The second-order valence-corrected chi connectivity index (χ2v) is 8.66. The highest BCUT2D eigenvalue weighted by molar-refractivity contribution is 7.98. The van der Waals surface area contributed by atoms with Crippen molar-refractivity contribution in [3.05, 3.63) is 64.7 Å². The fourth-order valence-electron chi connectivity index (χ4n) is 3.19. The largest absolute Gasteiger partial charge is 0.463 e. The maximum absolute atomic E-state index is 11.6. The number of thioether (sulfide) groups is 1. The molecule has 0 saturated heterocycles. The van der Waals surface area contributed by atoms with Gasteiger partial charge in [0.2, 0.25) is 5.76 Å². The molecule has 0 fully saturated rings. The SMILES string of the molecule is CCc1ccc(-c2c(C)sc3ncnc(SCc4ccc(C(=O)OC)o4)c23)cc1. The van der Waals surface area contributed by atoms with E-state index in [-0.39, 0.29) is 5.76 Å². The molecule has 7 heteroatoms. The first kappa shape index (κ1) is 19.7. The summed E-state index contributed by atoms with van der Waals surface area (Å²) in [6, 6.07) is 12.1. The number of carbonyl (C=O) groups excluding carboxylic acids is 1. The highest BCUT2D eigenvalue weighted by Crippen LogP contribution is 2.41. The van der Waals surface area contributed by atoms with Gasteiger partial charge >= 0.3 is 5.97 Å². The Morgan fingerprint density at radius 1 is 1.17 bits per heavy atom. The highest BCUT2D eigenvalue weighted by atomic mass is 32.2. The molecule has 0 radical (unpaired) electrons. The maximum Gasteiger partial charge on any atom is 0.373 e. The zero-order chi connectivity index (χ0) is 20.4. The number of furan rings is 1. The van der Waals surface area contributed by atoms with Crippen molar-refractivity contribution >= 4 is 39.3 Å². The Bertz CT molecular complexity index is 1160. The Labute approximate surface area is 177 Å². The topological polar surface area (TPSA) is 65.2 Å². The third kappa shape index (κ3) is 3.93. The normalized spacial score (nSPS) is 11.1. The number of rotatable bonds is 6. The number of aromatic nitrogens is 2. The van der Waals surface area contributed by atoms with Gasteiger partial charge in [-0.05, 0) is 36.6 Å². The van der Waals surface area contributed by atoms with E-state index in [1.165, 1.54) is 28.7 Å². The van der Waals surface area contributed by atoms with Crippen molar-refractivity contribution in [2.75, 3.05) is 7.11 Å². The van der Waals surface area contributed by atoms with Crippen LogP contribution in [0.3, 0.4) is 0 Å². The minimum Gasteiger partial charge on any atom is -0.463 e. The number of fused-ring (bicyclic) bond motifs is 1. The molecule has 0 saturated carbocycles. The highest BCUT2D eigenvalue weighted by Gasteiger charge is 2.18. The molecule has 0 amide bonds. The van der Waals surface area contributed by atoms with Crippen molar-refractivity contribution in [2.45, 2.75) is 31.0 Å². The number of thiophene rings is 1. The van der Waals surface area contributed by atoms with Gasteiger partial charge in [-0.2, -0.15) is 0 Å². The molecular weight excluding hydrogens is 404 g/mol. The Balaban J connectivity index is 1.67. The smallest absolute Gasteiger partial charge is 0.373 e. The van der Waals surface area contributed by atoms with E-state index in [1.54, 1.807) is 41.6 Å². The summed E-state index contributed by atoms with van der Waals surface area (Å²) in [4.78, 5) is 22.8. The van der Waals surface area contributed by atoms with Crippen LogP contribution in [-0.2, 0) is 16.9 Å². The van der Waals surface area contributed by atoms with Gasteiger partial charge in [-0.15, -0.1) is 11.3 Å². The first-order chi connectivity index (χ1) is 14.1. The van der Waals surface area contributed by atoms with Crippen LogP contribution in [0.4, 0.5) is 0 Å². The van der Waals surface area contributed by atoms with E-state index < -0.39 is 5.97 Å². The number of ether oxygens (including phenoxy) is 1. The molecule has 0 aliphatic rings. The molecule has 0 N–H and O–H groups in total. The standard InChI is InChI=1S/C22H20N2O3S2/c1-4-14-5-7-15(8-6-14)18-13(2)29-21-19(18)20(23-12-24-21)28-11-16-9-10-17(27-16)22(25)26-3/h5-10,12H,4,11H2,1-3H3. The second kappa shape index (κ2) is 8.39. The molecule has 1 aromatic carbocycles. The number of nitrogens with zero attached hydrogens (tertiary/aromatic N) is 2. The zero-order valence-electron chi connectivity index (χ0n) is 16.4. The van der Waals surface area contributed by atoms with Crippen molar-refractivity contribution in [1.29, 1.82) is 0 Å². The van der Waals surface area contributed by atoms with Crippen LogP contribution in [0.25, 0.3) is 21.3 Å². The van der Waals surface area contributed by atoms with Crippen LogP contribution in [0.1, 0.15) is 33.7 Å². The summed E-state index contributed by atoms with van der Waals surface area (Å²) in [6.07, 6.45) is 2.62. The lowest BCUT2D eigenvalue weighted by Gasteiger charge is -2.07. The molecule has 0 aliphatic heterocycles. The van der Waals surface area contributed by atoms with Gasteiger partial charge in [0.25, 0.3) is 0 Å². The van der Waals surface area contributed by atoms with E-state index in [9.17, 15) is 4.79 Å². The van der Waals surface area contributed by atoms with Gasteiger partial charge in [-0.25, -0.2) is 14.8 Å². The van der Waals surface area contributed by atoms with Crippen LogP contribution in [-0.4, -0.2) is 23.0 Å². The van der Waals surface area contributed by atoms with E-state index in [0.29, 0.717) is 11.5 Å². The van der Waals surface area contributed by atoms with Gasteiger partial charge in [0.05, 0.1) is 18.2 Å². The van der Waals surface area contributed by atoms with Gasteiger partial charge in [-0.3, -0.25) is 0 Å². The lowest BCUT2D eigenvalue weighted by molar-refractivity contribution is 0.0563. The molecule has 3 aromatic heterocycles. The second-order valence-electron chi connectivity index (χ2n) is 6.49. The average Bonchev–Trinajstić information content (AvgIpc) is 3.35. The summed E-state index contributed by atoms with van der Waals surface area (Å²) >= 11 is 3.26. The van der Waals surface area contributed by atoms with E-state index in [2.05, 4.69) is 48.1 Å². The number of methoxy groups -OCH3 is 1. The summed E-state index contributed by atoms with van der Waals surface area (Å²) in [5.41, 5.74) is 3.68. The van der Waals surface area contributed by atoms with Crippen molar-refractivity contribution in [3.63, 3.8) is 0 Å². The predicted molar refractivity (Wildman–Crippen MR) is 117 cm³/mol. The van der Waals surface area contributed by atoms with Crippen LogP contribution in [0.15, 0.2) is 52.2 Å². The third-order valence-electron chi connectivity index (χ3n) is 4.68. The lowest BCUT2D eigenvalue weighted by atomic mass is 10.0. The van der Waals surface area contributed by atoms with Crippen molar-refractivity contribution in [2.24, 2.45) is 0 Å². The minimum atomic E-state index is -0.475. The molecule has 5 nitrogen and oxygen atoms in total. The lowest BCUT2D eigenvalue weighted by Crippen LogP contribution is -1.98. The van der Waals surface area contributed by atoms with Crippen LogP contribution in [0.5, 0.6) is 0 Å². The number of benzene rings is 1.